The van der Waals surface area contributed by atoms with Crippen LogP contribution in [0.5, 0.6) is 0 Å². The Morgan fingerprint density at radius 1 is 1.41 bits per heavy atom. The highest BCUT2D eigenvalue weighted by Crippen LogP contribution is 2.35. The molecule has 0 radical (unpaired) electrons. The average molecular weight is 332 g/mol. The van der Waals surface area contributed by atoms with Crippen LogP contribution in [0.4, 0.5) is 0 Å². The van der Waals surface area contributed by atoms with Gasteiger partial charge in [-0.25, -0.2) is 0 Å². The summed E-state index contributed by atoms with van der Waals surface area (Å²) in [6, 6.07) is 2.57. The molecule has 0 fully saturated rings. The Labute approximate surface area is 117 Å². The lowest BCUT2D eigenvalue weighted by molar-refractivity contribution is 0.588. The van der Waals surface area contributed by atoms with Gasteiger partial charge in [-0.1, -0.05) is 25.2 Å². The summed E-state index contributed by atoms with van der Waals surface area (Å²) in [5.41, 5.74) is 0. The second-order valence-electron chi connectivity index (χ2n) is 3.96. The molecule has 17 heavy (non-hydrogen) atoms. The highest BCUT2D eigenvalue weighted by Gasteiger charge is 2.10. The Balaban J connectivity index is 1.99. The SMILES string of the molecule is CC(C)NCCc1nnc(-c2sccc2Br)s1. The van der Waals surface area contributed by atoms with E-state index in [-0.39, 0.29) is 0 Å². The minimum atomic E-state index is 0.522. The second kappa shape index (κ2) is 6.04. The van der Waals surface area contributed by atoms with Gasteiger partial charge in [-0.2, -0.15) is 0 Å². The van der Waals surface area contributed by atoms with Gasteiger partial charge in [-0.15, -0.1) is 21.5 Å². The van der Waals surface area contributed by atoms with Gasteiger partial charge in [0.2, 0.25) is 0 Å². The first kappa shape index (κ1) is 13.1. The number of hydrogen-bond acceptors (Lipinski definition) is 5. The number of nitrogens with one attached hydrogen (secondary N) is 1. The van der Waals surface area contributed by atoms with Crippen molar-refractivity contribution in [2.75, 3.05) is 6.54 Å². The molecule has 2 rings (SSSR count). The summed E-state index contributed by atoms with van der Waals surface area (Å²) in [7, 11) is 0. The topological polar surface area (TPSA) is 37.8 Å². The molecule has 0 saturated heterocycles. The van der Waals surface area contributed by atoms with E-state index >= 15 is 0 Å². The van der Waals surface area contributed by atoms with Crippen LogP contribution in [0.2, 0.25) is 0 Å². The van der Waals surface area contributed by atoms with Gasteiger partial charge in [0.15, 0.2) is 5.01 Å². The molecule has 1 N–H and O–H groups in total. The van der Waals surface area contributed by atoms with E-state index in [1.165, 1.54) is 4.88 Å². The second-order valence-corrected chi connectivity index (χ2v) is 6.79. The van der Waals surface area contributed by atoms with Crippen LogP contribution in [-0.4, -0.2) is 22.8 Å². The van der Waals surface area contributed by atoms with Gasteiger partial charge in [0, 0.05) is 23.5 Å². The van der Waals surface area contributed by atoms with Gasteiger partial charge >= 0.3 is 0 Å². The van der Waals surface area contributed by atoms with E-state index in [4.69, 9.17) is 0 Å². The maximum absolute atomic E-state index is 4.24. The minimum Gasteiger partial charge on any atom is -0.314 e. The Kier molecular flexibility index (Phi) is 4.67. The Morgan fingerprint density at radius 3 is 2.88 bits per heavy atom. The summed E-state index contributed by atoms with van der Waals surface area (Å²) in [6.07, 6.45) is 0.943. The molecule has 0 amide bonds. The molecule has 0 atom stereocenters. The van der Waals surface area contributed by atoms with E-state index in [2.05, 4.69) is 50.7 Å². The van der Waals surface area contributed by atoms with Gasteiger partial charge in [0.1, 0.15) is 5.01 Å². The standard InChI is InChI=1S/C11H14BrN3S2/c1-7(2)13-5-3-9-14-15-11(17-9)10-8(12)4-6-16-10/h4,6-7,13H,3,5H2,1-2H3. The van der Waals surface area contributed by atoms with Crippen molar-refractivity contribution in [3.8, 4) is 9.88 Å². The average Bonchev–Trinajstić information content (AvgIpc) is 2.86. The summed E-state index contributed by atoms with van der Waals surface area (Å²) in [5, 5.41) is 16.0. The van der Waals surface area contributed by atoms with E-state index < -0.39 is 0 Å². The van der Waals surface area contributed by atoms with Crippen LogP contribution in [0.3, 0.4) is 0 Å². The fourth-order valence-electron chi connectivity index (χ4n) is 1.36. The van der Waals surface area contributed by atoms with Crippen molar-refractivity contribution < 1.29 is 0 Å². The van der Waals surface area contributed by atoms with Gasteiger partial charge < -0.3 is 5.32 Å². The van der Waals surface area contributed by atoms with Crippen molar-refractivity contribution in [3.05, 3.63) is 20.9 Å². The molecule has 0 aliphatic heterocycles. The molecule has 92 valence electrons. The number of halogens is 1. The molecule has 0 aromatic carbocycles. The van der Waals surface area contributed by atoms with E-state index in [0.717, 1.165) is 27.5 Å². The normalized spacial score (nSPS) is 11.3. The number of thiophene rings is 1. The third kappa shape index (κ3) is 3.58. The zero-order valence-electron chi connectivity index (χ0n) is 9.74. The molecule has 2 aromatic heterocycles. The highest BCUT2D eigenvalue weighted by molar-refractivity contribution is 9.10. The zero-order valence-corrected chi connectivity index (χ0v) is 13.0. The van der Waals surface area contributed by atoms with Gasteiger partial charge in [-0.05, 0) is 27.4 Å². The predicted octanol–water partition coefficient (Wildman–Crippen LogP) is 3.57. The van der Waals surface area contributed by atoms with E-state index in [1.807, 2.05) is 6.07 Å². The van der Waals surface area contributed by atoms with Crippen LogP contribution in [0.1, 0.15) is 18.9 Å². The fraction of sp³-hybridized carbons (Fsp3) is 0.455. The summed E-state index contributed by atoms with van der Waals surface area (Å²) in [4.78, 5) is 1.17. The molecule has 0 aliphatic carbocycles. The van der Waals surface area contributed by atoms with Crippen molar-refractivity contribution in [1.29, 1.82) is 0 Å². The van der Waals surface area contributed by atoms with Crippen LogP contribution in [0, 0.1) is 0 Å². The van der Waals surface area contributed by atoms with Gasteiger partial charge in [0.05, 0.1) is 4.88 Å². The molecule has 0 spiro atoms. The van der Waals surface area contributed by atoms with Crippen molar-refractivity contribution >= 4 is 38.6 Å². The van der Waals surface area contributed by atoms with Gasteiger partial charge in [0.25, 0.3) is 0 Å². The van der Waals surface area contributed by atoms with Crippen molar-refractivity contribution in [2.45, 2.75) is 26.3 Å². The fourth-order valence-corrected chi connectivity index (χ4v) is 3.99. The minimum absolute atomic E-state index is 0.522. The molecule has 3 nitrogen and oxygen atoms in total. The van der Waals surface area contributed by atoms with E-state index in [0.29, 0.717) is 6.04 Å². The van der Waals surface area contributed by atoms with E-state index in [1.54, 1.807) is 22.7 Å². The van der Waals surface area contributed by atoms with Crippen molar-refractivity contribution in [3.63, 3.8) is 0 Å². The monoisotopic (exact) mass is 331 g/mol. The molecule has 0 bridgehead atoms. The van der Waals surface area contributed by atoms with Crippen molar-refractivity contribution in [1.82, 2.24) is 15.5 Å². The van der Waals surface area contributed by atoms with E-state index in [9.17, 15) is 0 Å². The van der Waals surface area contributed by atoms with Crippen LogP contribution in [0.25, 0.3) is 9.88 Å². The van der Waals surface area contributed by atoms with Crippen LogP contribution >= 0.6 is 38.6 Å². The first-order chi connectivity index (χ1) is 8.16. The third-order valence-corrected chi connectivity index (χ3v) is 5.14. The number of rotatable bonds is 5. The Hall–Kier alpha value is -0.300. The summed E-state index contributed by atoms with van der Waals surface area (Å²) >= 11 is 6.89. The van der Waals surface area contributed by atoms with Crippen LogP contribution in [-0.2, 0) is 6.42 Å². The largest absolute Gasteiger partial charge is 0.314 e. The summed E-state index contributed by atoms with van der Waals surface area (Å²) in [6.45, 7) is 5.25. The zero-order chi connectivity index (χ0) is 12.3. The Morgan fingerprint density at radius 2 is 2.24 bits per heavy atom. The predicted molar refractivity (Wildman–Crippen MR) is 77.8 cm³/mol. The first-order valence-electron chi connectivity index (χ1n) is 5.46. The quantitative estimate of drug-likeness (QED) is 0.910. The molecule has 2 aromatic rings. The van der Waals surface area contributed by atoms with Gasteiger partial charge in [-0.3, -0.25) is 0 Å². The maximum atomic E-state index is 4.24. The lowest BCUT2D eigenvalue weighted by atomic mass is 10.3. The number of aromatic nitrogens is 2. The summed E-state index contributed by atoms with van der Waals surface area (Å²) < 4.78 is 1.10. The molecule has 0 unspecified atom stereocenters. The molecular formula is C11H14BrN3S2. The molecule has 2 heterocycles. The first-order valence-corrected chi connectivity index (χ1v) is 7.95. The van der Waals surface area contributed by atoms with Crippen LogP contribution < -0.4 is 5.32 Å². The van der Waals surface area contributed by atoms with Crippen LogP contribution in [0.15, 0.2) is 15.9 Å². The highest BCUT2D eigenvalue weighted by atomic mass is 79.9. The lowest BCUT2D eigenvalue weighted by Gasteiger charge is -2.04. The Bertz CT molecular complexity index is 479. The molecule has 6 heteroatoms. The molecular weight excluding hydrogens is 318 g/mol. The third-order valence-electron chi connectivity index (χ3n) is 2.17. The maximum Gasteiger partial charge on any atom is 0.158 e. The lowest BCUT2D eigenvalue weighted by Crippen LogP contribution is -2.24. The smallest absolute Gasteiger partial charge is 0.158 e. The summed E-state index contributed by atoms with van der Waals surface area (Å²) in [5.74, 6) is 0. The van der Waals surface area contributed by atoms with Crippen molar-refractivity contribution in [2.24, 2.45) is 0 Å². The number of nitrogens with zero attached hydrogens (tertiary/aromatic N) is 2. The molecule has 0 aliphatic rings. The molecule has 0 saturated carbocycles. The number of hydrogen-bond donors (Lipinski definition) is 1.